The van der Waals surface area contributed by atoms with Gasteiger partial charge in [0.05, 0.1) is 7.11 Å². The van der Waals surface area contributed by atoms with Gasteiger partial charge < -0.3 is 9.64 Å². The van der Waals surface area contributed by atoms with Crippen LogP contribution in [0.3, 0.4) is 0 Å². The number of ether oxygens (including phenoxy) is 1. The average Bonchev–Trinajstić information content (AvgIpc) is 2.55. The molecule has 0 aliphatic carbocycles. The van der Waals surface area contributed by atoms with Crippen LogP contribution in [0.4, 0.5) is 0 Å². The predicted octanol–water partition coefficient (Wildman–Crippen LogP) is 4.29. The van der Waals surface area contributed by atoms with Gasteiger partial charge >= 0.3 is 0 Å². The highest BCUT2D eigenvalue weighted by Crippen LogP contribution is 2.16. The minimum atomic E-state index is -0.0109. The summed E-state index contributed by atoms with van der Waals surface area (Å²) in [4.78, 5) is 14.4. The smallest absolute Gasteiger partial charge is 0.254 e. The summed E-state index contributed by atoms with van der Waals surface area (Å²) in [6, 6.07) is 15.1. The maximum Gasteiger partial charge on any atom is 0.254 e. The fraction of sp³-hybridized carbons (Fsp3) is 0.167. The molecule has 0 radical (unpaired) electrons. The normalized spacial score (nSPS) is 10.1. The van der Waals surface area contributed by atoms with Crippen molar-refractivity contribution in [3.63, 3.8) is 0 Å². The van der Waals surface area contributed by atoms with Gasteiger partial charge in [0.2, 0.25) is 0 Å². The summed E-state index contributed by atoms with van der Waals surface area (Å²) in [5, 5.41) is 0. The van der Waals surface area contributed by atoms with Crippen LogP contribution in [-0.4, -0.2) is 24.5 Å². The van der Waals surface area contributed by atoms with Gasteiger partial charge in [0.1, 0.15) is 5.75 Å². The first kappa shape index (κ1) is 16.3. The Balaban J connectivity index is 2.15. The monoisotopic (exact) mass is 359 g/mol. The minimum Gasteiger partial charge on any atom is -0.497 e. The third kappa shape index (κ3) is 4.21. The molecule has 3 nitrogen and oxygen atoms in total. The summed E-state index contributed by atoms with van der Waals surface area (Å²) in [6.45, 7) is 4.77. The Morgan fingerprint density at radius 3 is 2.36 bits per heavy atom. The van der Waals surface area contributed by atoms with E-state index in [4.69, 9.17) is 4.74 Å². The van der Waals surface area contributed by atoms with Gasteiger partial charge in [-0.25, -0.2) is 0 Å². The third-order valence-electron chi connectivity index (χ3n) is 3.26. The lowest BCUT2D eigenvalue weighted by atomic mass is 10.1. The second-order valence-corrected chi connectivity index (χ2v) is 5.74. The van der Waals surface area contributed by atoms with Crippen molar-refractivity contribution in [3.8, 4) is 5.75 Å². The molecule has 0 bridgehead atoms. The zero-order valence-electron chi connectivity index (χ0n) is 12.5. The van der Waals surface area contributed by atoms with Gasteiger partial charge in [-0.2, -0.15) is 0 Å². The van der Waals surface area contributed by atoms with E-state index >= 15 is 0 Å². The maximum atomic E-state index is 12.6. The van der Waals surface area contributed by atoms with Gasteiger partial charge in [-0.3, -0.25) is 4.79 Å². The quantitative estimate of drug-likeness (QED) is 0.720. The molecule has 0 saturated carbocycles. The van der Waals surface area contributed by atoms with Gasteiger partial charge in [-0.1, -0.05) is 34.1 Å². The van der Waals surface area contributed by atoms with Crippen LogP contribution in [0.5, 0.6) is 5.75 Å². The third-order valence-corrected chi connectivity index (χ3v) is 3.79. The number of nitrogens with zero attached hydrogens (tertiary/aromatic N) is 1. The molecule has 0 unspecified atom stereocenters. The number of amides is 1. The van der Waals surface area contributed by atoms with Crippen LogP contribution < -0.4 is 4.74 Å². The van der Waals surface area contributed by atoms with E-state index in [9.17, 15) is 4.79 Å². The van der Waals surface area contributed by atoms with Crippen LogP contribution in [0.25, 0.3) is 0 Å². The van der Waals surface area contributed by atoms with Crippen molar-refractivity contribution in [2.45, 2.75) is 6.54 Å². The summed E-state index contributed by atoms with van der Waals surface area (Å²) in [5.41, 5.74) is 1.71. The Kier molecular flexibility index (Phi) is 5.78. The first-order valence-electron chi connectivity index (χ1n) is 6.92. The molecule has 0 aliphatic rings. The van der Waals surface area contributed by atoms with Gasteiger partial charge in [0.25, 0.3) is 5.91 Å². The Hall–Kier alpha value is -2.07. The average molecular weight is 360 g/mol. The molecule has 4 heteroatoms. The summed E-state index contributed by atoms with van der Waals surface area (Å²) in [5.74, 6) is 0.793. The van der Waals surface area contributed by atoms with Crippen molar-refractivity contribution in [3.05, 3.63) is 76.8 Å². The molecule has 2 rings (SSSR count). The topological polar surface area (TPSA) is 29.5 Å². The highest BCUT2D eigenvalue weighted by molar-refractivity contribution is 9.10. The van der Waals surface area contributed by atoms with Crippen LogP contribution >= 0.6 is 15.9 Å². The molecule has 2 aromatic rings. The van der Waals surface area contributed by atoms with Gasteiger partial charge in [0.15, 0.2) is 0 Å². The Bertz CT molecular complexity index is 635. The fourth-order valence-electron chi connectivity index (χ4n) is 2.10. The summed E-state index contributed by atoms with van der Waals surface area (Å²) in [6.07, 6.45) is 1.74. The lowest BCUT2D eigenvalue weighted by Gasteiger charge is -2.21. The molecule has 22 heavy (non-hydrogen) atoms. The first-order valence-corrected chi connectivity index (χ1v) is 7.72. The minimum absolute atomic E-state index is 0.0109. The standard InChI is InChI=1S/C18H18BrNO2/c1-3-12-20(13-14-4-10-17(22-2)11-5-14)18(21)15-6-8-16(19)9-7-15/h3-11H,1,12-13H2,2H3. The number of rotatable bonds is 6. The van der Waals surface area contributed by atoms with Gasteiger partial charge in [-0.05, 0) is 42.0 Å². The van der Waals surface area contributed by atoms with Crippen LogP contribution in [0.1, 0.15) is 15.9 Å². The summed E-state index contributed by atoms with van der Waals surface area (Å²) < 4.78 is 6.10. The molecule has 1 amide bonds. The number of halogens is 1. The number of benzene rings is 2. The van der Waals surface area contributed by atoms with Gasteiger partial charge in [0, 0.05) is 23.1 Å². The number of hydrogen-bond acceptors (Lipinski definition) is 2. The van der Waals surface area contributed by atoms with Crippen LogP contribution in [-0.2, 0) is 6.54 Å². The van der Waals surface area contributed by atoms with Crippen molar-refractivity contribution < 1.29 is 9.53 Å². The zero-order chi connectivity index (χ0) is 15.9. The van der Waals surface area contributed by atoms with Crippen molar-refractivity contribution in [2.75, 3.05) is 13.7 Å². The second kappa shape index (κ2) is 7.80. The fourth-order valence-corrected chi connectivity index (χ4v) is 2.37. The van der Waals surface area contributed by atoms with Crippen LogP contribution in [0, 0.1) is 0 Å². The van der Waals surface area contributed by atoms with E-state index in [2.05, 4.69) is 22.5 Å². The van der Waals surface area contributed by atoms with Crippen molar-refractivity contribution in [1.29, 1.82) is 0 Å². The highest BCUT2D eigenvalue weighted by Gasteiger charge is 2.15. The maximum absolute atomic E-state index is 12.6. The second-order valence-electron chi connectivity index (χ2n) is 4.83. The molecule has 2 aromatic carbocycles. The number of carbonyl (C=O) groups is 1. The van der Waals surface area contributed by atoms with Crippen molar-refractivity contribution in [1.82, 2.24) is 4.90 Å². The molecule has 0 N–H and O–H groups in total. The Morgan fingerprint density at radius 2 is 1.82 bits per heavy atom. The molecular formula is C18H18BrNO2. The Labute approximate surface area is 139 Å². The number of methoxy groups -OCH3 is 1. The summed E-state index contributed by atoms with van der Waals surface area (Å²) >= 11 is 3.38. The summed E-state index contributed by atoms with van der Waals surface area (Å²) in [7, 11) is 1.64. The molecule has 0 aliphatic heterocycles. The molecule has 0 aromatic heterocycles. The van der Waals surface area contributed by atoms with Gasteiger partial charge in [-0.15, -0.1) is 6.58 Å². The van der Waals surface area contributed by atoms with Crippen LogP contribution in [0.2, 0.25) is 0 Å². The van der Waals surface area contributed by atoms with E-state index in [0.29, 0.717) is 18.7 Å². The first-order chi connectivity index (χ1) is 10.6. The van der Waals surface area contributed by atoms with Crippen molar-refractivity contribution >= 4 is 21.8 Å². The highest BCUT2D eigenvalue weighted by atomic mass is 79.9. The predicted molar refractivity (Wildman–Crippen MR) is 92.1 cm³/mol. The lowest BCUT2D eigenvalue weighted by Crippen LogP contribution is -2.30. The van der Waals surface area contributed by atoms with E-state index in [1.807, 2.05) is 48.5 Å². The van der Waals surface area contributed by atoms with Crippen LogP contribution in [0.15, 0.2) is 65.7 Å². The number of carbonyl (C=O) groups excluding carboxylic acids is 1. The SMILES string of the molecule is C=CCN(Cc1ccc(OC)cc1)C(=O)c1ccc(Br)cc1. The van der Waals surface area contributed by atoms with E-state index in [0.717, 1.165) is 15.8 Å². The Morgan fingerprint density at radius 1 is 1.18 bits per heavy atom. The largest absolute Gasteiger partial charge is 0.497 e. The zero-order valence-corrected chi connectivity index (χ0v) is 14.0. The van der Waals surface area contributed by atoms with Crippen molar-refractivity contribution in [2.24, 2.45) is 0 Å². The molecule has 0 saturated heterocycles. The molecule has 0 atom stereocenters. The van der Waals surface area contributed by atoms with E-state index in [1.165, 1.54) is 0 Å². The van der Waals surface area contributed by atoms with E-state index in [-0.39, 0.29) is 5.91 Å². The molecule has 0 fully saturated rings. The molecule has 0 heterocycles. The van der Waals surface area contributed by atoms with E-state index in [1.54, 1.807) is 18.1 Å². The molecule has 114 valence electrons. The van der Waals surface area contributed by atoms with E-state index < -0.39 is 0 Å². The number of hydrogen-bond donors (Lipinski definition) is 0. The molecular weight excluding hydrogens is 342 g/mol. The lowest BCUT2D eigenvalue weighted by molar-refractivity contribution is 0.0762. The molecule has 0 spiro atoms.